The van der Waals surface area contributed by atoms with Crippen LogP contribution in [0.1, 0.15) is 54.7 Å². The number of carbonyl (C=O) groups excluding carboxylic acids is 2. The molecule has 0 bridgehead atoms. The zero-order chi connectivity index (χ0) is 17.8. The molecule has 0 saturated carbocycles. The van der Waals surface area contributed by atoms with Gasteiger partial charge in [-0.05, 0) is 31.9 Å². The van der Waals surface area contributed by atoms with E-state index in [-0.39, 0.29) is 17.7 Å². The molecule has 7 heteroatoms. The van der Waals surface area contributed by atoms with Crippen molar-refractivity contribution in [1.29, 1.82) is 0 Å². The van der Waals surface area contributed by atoms with Crippen LogP contribution in [0.5, 0.6) is 0 Å². The van der Waals surface area contributed by atoms with Gasteiger partial charge in [0.05, 0.1) is 0 Å². The average Bonchev–Trinajstić information content (AvgIpc) is 3.11. The number of likely N-dealkylation sites (tertiary alicyclic amines) is 1. The van der Waals surface area contributed by atoms with Gasteiger partial charge < -0.3 is 14.7 Å². The standard InChI is InChI=1S/C18H22N4O3/c1-3-16-20-17(21-25-16)14-7-5-9-22(11-14)18(24)19-15-8-4-6-13(10-15)12(2)23/h4,6,8,10,14H,3,5,7,9,11H2,1-2H3,(H,19,24)/t14-/m1/s1. The van der Waals surface area contributed by atoms with E-state index >= 15 is 0 Å². The Morgan fingerprint density at radius 2 is 2.24 bits per heavy atom. The van der Waals surface area contributed by atoms with Crippen molar-refractivity contribution in [1.82, 2.24) is 15.0 Å². The molecule has 1 atom stereocenters. The molecule has 132 valence electrons. The second kappa shape index (κ2) is 7.46. The number of nitrogens with zero attached hydrogens (tertiary/aromatic N) is 3. The summed E-state index contributed by atoms with van der Waals surface area (Å²) >= 11 is 0. The van der Waals surface area contributed by atoms with Crippen molar-refractivity contribution < 1.29 is 14.1 Å². The lowest BCUT2D eigenvalue weighted by Crippen LogP contribution is -2.41. The monoisotopic (exact) mass is 342 g/mol. The molecule has 0 radical (unpaired) electrons. The molecule has 1 aromatic heterocycles. The normalized spacial score (nSPS) is 17.4. The summed E-state index contributed by atoms with van der Waals surface area (Å²) in [5.74, 6) is 1.36. The number of aromatic nitrogens is 2. The number of hydrogen-bond acceptors (Lipinski definition) is 5. The SMILES string of the molecule is CCc1nc([C@@H]2CCCN(C(=O)Nc3cccc(C(C)=O)c3)C2)no1. The third-order valence-electron chi connectivity index (χ3n) is 4.38. The third kappa shape index (κ3) is 4.04. The predicted octanol–water partition coefficient (Wildman–Crippen LogP) is 3.25. The van der Waals surface area contributed by atoms with Gasteiger partial charge in [-0.15, -0.1) is 0 Å². The van der Waals surface area contributed by atoms with Gasteiger partial charge in [0.2, 0.25) is 5.89 Å². The average molecular weight is 342 g/mol. The molecule has 1 N–H and O–H groups in total. The first kappa shape index (κ1) is 17.1. The van der Waals surface area contributed by atoms with E-state index in [2.05, 4.69) is 15.5 Å². The quantitative estimate of drug-likeness (QED) is 0.862. The van der Waals surface area contributed by atoms with Crippen molar-refractivity contribution in [2.45, 2.75) is 39.0 Å². The summed E-state index contributed by atoms with van der Waals surface area (Å²) in [6.45, 7) is 4.72. The van der Waals surface area contributed by atoms with Crippen LogP contribution in [0.15, 0.2) is 28.8 Å². The summed E-state index contributed by atoms with van der Waals surface area (Å²) in [6, 6.07) is 6.78. The van der Waals surface area contributed by atoms with Gasteiger partial charge in [-0.3, -0.25) is 4.79 Å². The summed E-state index contributed by atoms with van der Waals surface area (Å²) in [6.07, 6.45) is 2.53. The van der Waals surface area contributed by atoms with E-state index in [9.17, 15) is 9.59 Å². The summed E-state index contributed by atoms with van der Waals surface area (Å²) in [7, 11) is 0. The number of benzene rings is 1. The lowest BCUT2D eigenvalue weighted by molar-refractivity contribution is 0.101. The van der Waals surface area contributed by atoms with Crippen molar-refractivity contribution in [3.05, 3.63) is 41.5 Å². The maximum Gasteiger partial charge on any atom is 0.321 e. The maximum absolute atomic E-state index is 12.6. The van der Waals surface area contributed by atoms with E-state index in [0.29, 0.717) is 42.5 Å². The number of Topliss-reactive ketones (excluding diaryl/α,β-unsaturated/α-hetero) is 1. The van der Waals surface area contributed by atoms with Gasteiger partial charge in [-0.2, -0.15) is 4.98 Å². The van der Waals surface area contributed by atoms with E-state index in [1.807, 2.05) is 6.92 Å². The van der Waals surface area contributed by atoms with Gasteiger partial charge >= 0.3 is 6.03 Å². The van der Waals surface area contributed by atoms with Gasteiger partial charge in [0.1, 0.15) is 0 Å². The zero-order valence-corrected chi connectivity index (χ0v) is 14.5. The van der Waals surface area contributed by atoms with E-state index in [1.54, 1.807) is 29.2 Å². The molecule has 1 aliphatic heterocycles. The molecular weight excluding hydrogens is 320 g/mol. The molecule has 3 rings (SSSR count). The van der Waals surface area contributed by atoms with Gasteiger partial charge in [-0.1, -0.05) is 24.2 Å². The van der Waals surface area contributed by atoms with Crippen molar-refractivity contribution in [3.8, 4) is 0 Å². The number of nitrogens with one attached hydrogen (secondary N) is 1. The smallest absolute Gasteiger partial charge is 0.321 e. The van der Waals surface area contributed by atoms with Gasteiger partial charge in [-0.25, -0.2) is 4.79 Å². The fraction of sp³-hybridized carbons (Fsp3) is 0.444. The number of urea groups is 1. The molecule has 1 fully saturated rings. The third-order valence-corrected chi connectivity index (χ3v) is 4.38. The Balaban J connectivity index is 1.65. The minimum absolute atomic E-state index is 0.0297. The molecule has 0 unspecified atom stereocenters. The van der Waals surface area contributed by atoms with Crippen LogP contribution < -0.4 is 5.32 Å². The summed E-state index contributed by atoms with van der Waals surface area (Å²) in [5.41, 5.74) is 1.20. The highest BCUT2D eigenvalue weighted by atomic mass is 16.5. The number of piperidine rings is 1. The number of anilines is 1. The first-order chi connectivity index (χ1) is 12.1. The van der Waals surface area contributed by atoms with Crippen molar-refractivity contribution in [3.63, 3.8) is 0 Å². The number of aryl methyl sites for hydroxylation is 1. The van der Waals surface area contributed by atoms with Crippen molar-refractivity contribution in [2.75, 3.05) is 18.4 Å². The molecule has 0 spiro atoms. The van der Waals surface area contributed by atoms with Crippen LogP contribution in [0.3, 0.4) is 0 Å². The molecule has 2 heterocycles. The minimum atomic E-state index is -0.176. The van der Waals surface area contributed by atoms with Crippen molar-refractivity contribution in [2.24, 2.45) is 0 Å². The summed E-state index contributed by atoms with van der Waals surface area (Å²) in [5, 5.41) is 6.90. The number of ketones is 1. The van der Waals surface area contributed by atoms with E-state index in [1.165, 1.54) is 6.92 Å². The Kier molecular flexibility index (Phi) is 5.11. The first-order valence-electron chi connectivity index (χ1n) is 8.56. The molecule has 1 aliphatic rings. The lowest BCUT2D eigenvalue weighted by Gasteiger charge is -2.31. The van der Waals surface area contributed by atoms with Gasteiger partial charge in [0.25, 0.3) is 0 Å². The molecule has 7 nitrogen and oxygen atoms in total. The molecule has 25 heavy (non-hydrogen) atoms. The van der Waals surface area contributed by atoms with Gasteiger partial charge in [0, 0.05) is 36.7 Å². The van der Waals surface area contributed by atoms with Crippen LogP contribution in [0, 0.1) is 0 Å². The molecular formula is C18H22N4O3. The highest BCUT2D eigenvalue weighted by Crippen LogP contribution is 2.25. The second-order valence-corrected chi connectivity index (χ2v) is 6.25. The highest BCUT2D eigenvalue weighted by Gasteiger charge is 2.28. The molecule has 1 saturated heterocycles. The molecule has 1 aromatic carbocycles. The van der Waals surface area contributed by atoms with E-state index < -0.39 is 0 Å². The zero-order valence-electron chi connectivity index (χ0n) is 14.5. The topological polar surface area (TPSA) is 88.3 Å². The minimum Gasteiger partial charge on any atom is -0.339 e. The van der Waals surface area contributed by atoms with Crippen LogP contribution in [-0.2, 0) is 6.42 Å². The number of amides is 2. The fourth-order valence-electron chi connectivity index (χ4n) is 2.97. The highest BCUT2D eigenvalue weighted by molar-refractivity contribution is 5.96. The van der Waals surface area contributed by atoms with Crippen LogP contribution in [0.25, 0.3) is 0 Å². The summed E-state index contributed by atoms with van der Waals surface area (Å²) < 4.78 is 5.18. The second-order valence-electron chi connectivity index (χ2n) is 6.25. The van der Waals surface area contributed by atoms with Crippen molar-refractivity contribution >= 4 is 17.5 Å². The lowest BCUT2D eigenvalue weighted by atomic mass is 9.97. The Morgan fingerprint density at radius 3 is 2.96 bits per heavy atom. The fourth-order valence-corrected chi connectivity index (χ4v) is 2.97. The van der Waals surface area contributed by atoms with Crippen LogP contribution in [-0.4, -0.2) is 39.9 Å². The molecule has 2 aromatic rings. The maximum atomic E-state index is 12.6. The Labute approximate surface area is 146 Å². The van der Waals surface area contributed by atoms with Crippen LogP contribution in [0.4, 0.5) is 10.5 Å². The molecule has 2 amide bonds. The van der Waals surface area contributed by atoms with E-state index in [0.717, 1.165) is 12.8 Å². The van der Waals surface area contributed by atoms with Crippen LogP contribution >= 0.6 is 0 Å². The molecule has 0 aliphatic carbocycles. The first-order valence-corrected chi connectivity index (χ1v) is 8.56. The Hall–Kier alpha value is -2.70. The van der Waals surface area contributed by atoms with Gasteiger partial charge in [0.15, 0.2) is 11.6 Å². The Bertz CT molecular complexity index is 771. The summed E-state index contributed by atoms with van der Waals surface area (Å²) in [4.78, 5) is 30.2. The largest absolute Gasteiger partial charge is 0.339 e. The predicted molar refractivity (Wildman–Crippen MR) is 92.7 cm³/mol. The van der Waals surface area contributed by atoms with Crippen LogP contribution in [0.2, 0.25) is 0 Å². The Morgan fingerprint density at radius 1 is 1.40 bits per heavy atom. The number of hydrogen-bond donors (Lipinski definition) is 1. The number of rotatable bonds is 4. The number of carbonyl (C=O) groups is 2. The van der Waals surface area contributed by atoms with E-state index in [4.69, 9.17) is 4.52 Å².